The maximum atomic E-state index is 12.8. The third kappa shape index (κ3) is 4.40. The van der Waals surface area contributed by atoms with E-state index >= 15 is 0 Å². The lowest BCUT2D eigenvalue weighted by Crippen LogP contribution is -2.16. The van der Waals surface area contributed by atoms with Crippen LogP contribution in [0.15, 0.2) is 61.1 Å². The van der Waals surface area contributed by atoms with Gasteiger partial charge in [0, 0.05) is 29.4 Å². The number of nitrogens with one attached hydrogen (secondary N) is 2. The summed E-state index contributed by atoms with van der Waals surface area (Å²) in [6.07, 6.45) is 6.59. The Morgan fingerprint density at radius 1 is 1.03 bits per heavy atom. The van der Waals surface area contributed by atoms with Gasteiger partial charge >= 0.3 is 0 Å². The number of carbonyl (C=O) groups is 2. The van der Waals surface area contributed by atoms with Gasteiger partial charge in [-0.2, -0.15) is 0 Å². The molecule has 146 valence electrons. The minimum atomic E-state index is -0.308. The van der Waals surface area contributed by atoms with Crippen molar-refractivity contribution >= 4 is 23.3 Å². The van der Waals surface area contributed by atoms with Crippen molar-refractivity contribution in [2.24, 2.45) is 5.92 Å². The van der Waals surface area contributed by atoms with Crippen molar-refractivity contribution in [2.75, 3.05) is 17.7 Å². The molecule has 2 amide bonds. The summed E-state index contributed by atoms with van der Waals surface area (Å²) in [4.78, 5) is 33.0. The maximum absolute atomic E-state index is 12.8. The number of aromatic nitrogens is 2. The molecule has 0 atom stereocenters. The fraction of sp³-hybridized carbons (Fsp3) is 0.182. The Bertz CT molecular complexity index is 1050. The van der Waals surface area contributed by atoms with Crippen molar-refractivity contribution in [3.8, 4) is 16.9 Å². The number of hydrogen-bond acceptors (Lipinski definition) is 5. The number of nitrogens with zero attached hydrogens (tertiary/aromatic N) is 2. The molecule has 0 bridgehead atoms. The third-order valence-electron chi connectivity index (χ3n) is 4.69. The lowest BCUT2D eigenvalue weighted by Gasteiger charge is -2.12. The summed E-state index contributed by atoms with van der Waals surface area (Å²) in [6.45, 7) is 0. The third-order valence-corrected chi connectivity index (χ3v) is 4.69. The highest BCUT2D eigenvalue weighted by molar-refractivity contribution is 6.07. The summed E-state index contributed by atoms with van der Waals surface area (Å²) < 4.78 is 5.20. The smallest absolute Gasteiger partial charge is 0.255 e. The van der Waals surface area contributed by atoms with Gasteiger partial charge < -0.3 is 15.4 Å². The van der Waals surface area contributed by atoms with E-state index in [9.17, 15) is 9.59 Å². The van der Waals surface area contributed by atoms with Crippen LogP contribution in [0.2, 0.25) is 0 Å². The Labute approximate surface area is 168 Å². The summed E-state index contributed by atoms with van der Waals surface area (Å²) in [5, 5.41) is 5.65. The van der Waals surface area contributed by atoms with Gasteiger partial charge in [0.15, 0.2) is 0 Å². The summed E-state index contributed by atoms with van der Waals surface area (Å²) in [5.41, 5.74) is 2.75. The van der Waals surface area contributed by atoms with Gasteiger partial charge in [-0.05, 0) is 48.7 Å². The Balaban J connectivity index is 1.53. The summed E-state index contributed by atoms with van der Waals surface area (Å²) >= 11 is 0. The van der Waals surface area contributed by atoms with Crippen LogP contribution in [0.4, 0.5) is 11.5 Å². The Morgan fingerprint density at radius 3 is 2.55 bits per heavy atom. The predicted molar refractivity (Wildman–Crippen MR) is 110 cm³/mol. The van der Waals surface area contributed by atoms with E-state index in [4.69, 9.17) is 4.74 Å². The van der Waals surface area contributed by atoms with Gasteiger partial charge in [0.2, 0.25) is 5.91 Å². The normalized spacial score (nSPS) is 12.9. The molecule has 0 radical (unpaired) electrons. The van der Waals surface area contributed by atoms with Crippen molar-refractivity contribution in [3.63, 3.8) is 0 Å². The second kappa shape index (κ2) is 8.10. The summed E-state index contributed by atoms with van der Waals surface area (Å²) in [5.74, 6) is 0.833. The van der Waals surface area contributed by atoms with Crippen LogP contribution in [0, 0.1) is 5.92 Å². The van der Waals surface area contributed by atoms with E-state index in [0.29, 0.717) is 17.1 Å². The highest BCUT2D eigenvalue weighted by atomic mass is 16.5. The molecular weight excluding hydrogens is 368 g/mol. The van der Waals surface area contributed by atoms with Crippen LogP contribution in [0.3, 0.4) is 0 Å². The molecule has 0 saturated heterocycles. The Morgan fingerprint density at radius 2 is 1.83 bits per heavy atom. The molecule has 1 fully saturated rings. The van der Waals surface area contributed by atoms with Gasteiger partial charge in [0.1, 0.15) is 11.6 Å². The molecule has 1 aliphatic carbocycles. The van der Waals surface area contributed by atoms with Crippen molar-refractivity contribution in [2.45, 2.75) is 12.8 Å². The van der Waals surface area contributed by atoms with Gasteiger partial charge in [0.05, 0.1) is 19.0 Å². The van der Waals surface area contributed by atoms with Gasteiger partial charge in [-0.15, -0.1) is 0 Å². The first kappa shape index (κ1) is 18.6. The second-order valence-corrected chi connectivity index (χ2v) is 6.80. The lowest BCUT2D eigenvalue weighted by atomic mass is 10.0. The zero-order valence-electron chi connectivity index (χ0n) is 15.9. The fourth-order valence-corrected chi connectivity index (χ4v) is 2.92. The standard InChI is InChI=1S/C22H20N4O3/c1-29-17-6-4-14(5-7-17)18-9-10-23-13-19(18)25-22(28)16-8-11-24-20(12-16)26-21(27)15-2-3-15/h4-13,15H,2-3H2,1H3,(H,25,28)(H,24,26,27). The van der Waals surface area contributed by atoms with Crippen LogP contribution in [0.25, 0.3) is 11.1 Å². The molecule has 2 N–H and O–H groups in total. The van der Waals surface area contributed by atoms with E-state index in [1.165, 1.54) is 6.20 Å². The van der Waals surface area contributed by atoms with Gasteiger partial charge in [0.25, 0.3) is 5.91 Å². The minimum Gasteiger partial charge on any atom is -0.497 e. The number of pyridine rings is 2. The number of ether oxygens (including phenoxy) is 1. The van der Waals surface area contributed by atoms with E-state index in [1.807, 2.05) is 30.3 Å². The first-order chi connectivity index (χ1) is 14.1. The molecule has 7 nitrogen and oxygen atoms in total. The number of anilines is 2. The molecule has 1 aromatic carbocycles. The first-order valence-electron chi connectivity index (χ1n) is 9.31. The van der Waals surface area contributed by atoms with Crippen LogP contribution < -0.4 is 15.4 Å². The van der Waals surface area contributed by atoms with Gasteiger partial charge in [-0.3, -0.25) is 14.6 Å². The molecule has 0 spiro atoms. The average molecular weight is 388 g/mol. The lowest BCUT2D eigenvalue weighted by molar-refractivity contribution is -0.117. The monoisotopic (exact) mass is 388 g/mol. The Hall–Kier alpha value is -3.74. The van der Waals surface area contributed by atoms with Crippen molar-refractivity contribution < 1.29 is 14.3 Å². The van der Waals surface area contributed by atoms with E-state index in [0.717, 1.165) is 29.7 Å². The largest absolute Gasteiger partial charge is 0.497 e. The molecular formula is C22H20N4O3. The van der Waals surface area contributed by atoms with Crippen LogP contribution in [-0.4, -0.2) is 28.9 Å². The molecule has 1 saturated carbocycles. The van der Waals surface area contributed by atoms with Gasteiger partial charge in [-0.25, -0.2) is 4.98 Å². The highest BCUT2D eigenvalue weighted by Crippen LogP contribution is 2.30. The van der Waals surface area contributed by atoms with Crippen molar-refractivity contribution in [1.29, 1.82) is 0 Å². The highest BCUT2D eigenvalue weighted by Gasteiger charge is 2.29. The van der Waals surface area contributed by atoms with Crippen LogP contribution in [-0.2, 0) is 4.79 Å². The molecule has 1 aliphatic rings. The second-order valence-electron chi connectivity index (χ2n) is 6.80. The number of amides is 2. The maximum Gasteiger partial charge on any atom is 0.255 e. The zero-order chi connectivity index (χ0) is 20.2. The van der Waals surface area contributed by atoms with Crippen molar-refractivity contribution in [3.05, 3.63) is 66.6 Å². The minimum absolute atomic E-state index is 0.0518. The number of carbonyl (C=O) groups excluding carboxylic acids is 2. The molecule has 0 unspecified atom stereocenters. The number of methoxy groups -OCH3 is 1. The molecule has 7 heteroatoms. The molecule has 2 heterocycles. The van der Waals surface area contributed by atoms with Gasteiger partial charge in [-0.1, -0.05) is 12.1 Å². The quantitative estimate of drug-likeness (QED) is 0.671. The van der Waals surface area contributed by atoms with E-state index in [2.05, 4.69) is 20.6 Å². The summed E-state index contributed by atoms with van der Waals surface area (Å²) in [7, 11) is 1.61. The predicted octanol–water partition coefficient (Wildman–Crippen LogP) is 3.75. The van der Waals surface area contributed by atoms with E-state index < -0.39 is 0 Å². The first-order valence-corrected chi connectivity index (χ1v) is 9.31. The summed E-state index contributed by atoms with van der Waals surface area (Å²) in [6, 6.07) is 12.6. The van der Waals surface area contributed by atoms with E-state index in [-0.39, 0.29) is 17.7 Å². The average Bonchev–Trinajstić information content (AvgIpc) is 3.60. The topological polar surface area (TPSA) is 93.2 Å². The SMILES string of the molecule is COc1ccc(-c2ccncc2NC(=O)c2ccnc(NC(=O)C3CC3)c2)cc1. The van der Waals surface area contributed by atoms with Crippen LogP contribution >= 0.6 is 0 Å². The number of benzene rings is 1. The molecule has 2 aromatic heterocycles. The van der Waals surface area contributed by atoms with Crippen molar-refractivity contribution in [1.82, 2.24) is 9.97 Å². The van der Waals surface area contributed by atoms with Crippen LogP contribution in [0.5, 0.6) is 5.75 Å². The molecule has 3 aromatic rings. The van der Waals surface area contributed by atoms with E-state index in [1.54, 1.807) is 31.6 Å². The van der Waals surface area contributed by atoms with Crippen LogP contribution in [0.1, 0.15) is 23.2 Å². The zero-order valence-corrected chi connectivity index (χ0v) is 15.9. The fourth-order valence-electron chi connectivity index (χ4n) is 2.92. The molecule has 0 aliphatic heterocycles. The molecule has 4 rings (SSSR count). The molecule has 29 heavy (non-hydrogen) atoms. The Kier molecular flexibility index (Phi) is 5.20. The number of rotatable bonds is 6. The number of hydrogen-bond donors (Lipinski definition) is 2.